The van der Waals surface area contributed by atoms with Gasteiger partial charge < -0.3 is 9.47 Å². The second-order valence-corrected chi connectivity index (χ2v) is 4.31. The van der Waals surface area contributed by atoms with Crippen LogP contribution in [0, 0.1) is 0 Å². The van der Waals surface area contributed by atoms with E-state index < -0.39 is 0 Å². The molecule has 13 heavy (non-hydrogen) atoms. The molecule has 0 aromatic heterocycles. The number of carbonyl (C=O) groups excluding carboxylic acids is 1. The number of ether oxygens (including phenoxy) is 2. The van der Waals surface area contributed by atoms with Gasteiger partial charge in [-0.2, -0.15) is 0 Å². The van der Waals surface area contributed by atoms with Crippen LogP contribution in [-0.4, -0.2) is 23.7 Å². The summed E-state index contributed by atoms with van der Waals surface area (Å²) in [5, 5.41) is 0. The Morgan fingerprint density at radius 2 is 2.46 bits per heavy atom. The molecule has 3 nitrogen and oxygen atoms in total. The SMILES string of the molecule is CCCC(=O)O[C@@H]1OCCC[C@H]1Br. The van der Waals surface area contributed by atoms with Gasteiger partial charge in [0, 0.05) is 6.42 Å². The Morgan fingerprint density at radius 1 is 1.69 bits per heavy atom. The quantitative estimate of drug-likeness (QED) is 0.570. The van der Waals surface area contributed by atoms with Gasteiger partial charge in [0.25, 0.3) is 0 Å². The molecule has 2 atom stereocenters. The molecule has 4 heteroatoms. The zero-order valence-corrected chi connectivity index (χ0v) is 9.38. The summed E-state index contributed by atoms with van der Waals surface area (Å²) in [7, 11) is 0. The standard InChI is InChI=1S/C9H15BrO3/c1-2-4-8(11)13-9-7(10)5-3-6-12-9/h7,9H,2-6H2,1H3/t7-,9+/m1/s1. The first-order chi connectivity index (χ1) is 6.24. The largest absolute Gasteiger partial charge is 0.434 e. The number of hydrogen-bond donors (Lipinski definition) is 0. The van der Waals surface area contributed by atoms with Crippen molar-refractivity contribution in [3.05, 3.63) is 0 Å². The first kappa shape index (κ1) is 11.0. The molecular weight excluding hydrogens is 236 g/mol. The van der Waals surface area contributed by atoms with E-state index in [0.717, 1.165) is 19.3 Å². The van der Waals surface area contributed by atoms with Crippen molar-refractivity contribution >= 4 is 21.9 Å². The van der Waals surface area contributed by atoms with Crippen LogP contribution >= 0.6 is 15.9 Å². The van der Waals surface area contributed by atoms with Gasteiger partial charge in [-0.15, -0.1) is 0 Å². The Hall–Kier alpha value is -0.0900. The Kier molecular flexibility index (Phi) is 4.73. The first-order valence-electron chi connectivity index (χ1n) is 4.69. The maximum Gasteiger partial charge on any atom is 0.308 e. The Morgan fingerprint density at radius 3 is 3.08 bits per heavy atom. The van der Waals surface area contributed by atoms with Crippen LogP contribution in [0.2, 0.25) is 0 Å². The van der Waals surface area contributed by atoms with Crippen molar-refractivity contribution in [2.75, 3.05) is 6.61 Å². The number of carbonyl (C=O) groups is 1. The van der Waals surface area contributed by atoms with E-state index in [-0.39, 0.29) is 17.1 Å². The molecule has 0 saturated carbocycles. The van der Waals surface area contributed by atoms with Gasteiger partial charge in [0.1, 0.15) is 0 Å². The van der Waals surface area contributed by atoms with E-state index in [2.05, 4.69) is 15.9 Å². The number of esters is 1. The minimum atomic E-state index is -0.382. The highest BCUT2D eigenvalue weighted by Crippen LogP contribution is 2.22. The Labute approximate surface area is 86.9 Å². The van der Waals surface area contributed by atoms with Crippen LogP contribution in [0.1, 0.15) is 32.6 Å². The molecule has 1 saturated heterocycles. The highest BCUT2D eigenvalue weighted by molar-refractivity contribution is 9.09. The van der Waals surface area contributed by atoms with E-state index >= 15 is 0 Å². The summed E-state index contributed by atoms with van der Waals surface area (Å²) in [6.07, 6.45) is 2.94. The van der Waals surface area contributed by atoms with Crippen molar-refractivity contribution in [2.24, 2.45) is 0 Å². The van der Waals surface area contributed by atoms with Gasteiger partial charge in [-0.25, -0.2) is 0 Å². The number of halogens is 1. The highest BCUT2D eigenvalue weighted by Gasteiger charge is 2.26. The van der Waals surface area contributed by atoms with E-state index in [4.69, 9.17) is 9.47 Å². The fourth-order valence-corrected chi connectivity index (χ4v) is 1.80. The van der Waals surface area contributed by atoms with E-state index in [9.17, 15) is 4.79 Å². The van der Waals surface area contributed by atoms with Crippen molar-refractivity contribution < 1.29 is 14.3 Å². The molecule has 0 spiro atoms. The van der Waals surface area contributed by atoms with E-state index in [1.165, 1.54) is 0 Å². The average Bonchev–Trinajstić information content (AvgIpc) is 2.09. The zero-order chi connectivity index (χ0) is 9.68. The lowest BCUT2D eigenvalue weighted by atomic mass is 10.2. The third-order valence-corrected chi connectivity index (χ3v) is 2.79. The molecule has 0 unspecified atom stereocenters. The molecule has 0 N–H and O–H groups in total. The van der Waals surface area contributed by atoms with Crippen molar-refractivity contribution in [1.29, 1.82) is 0 Å². The molecule has 0 aromatic rings. The maximum atomic E-state index is 11.1. The van der Waals surface area contributed by atoms with Crippen molar-refractivity contribution in [3.8, 4) is 0 Å². The van der Waals surface area contributed by atoms with Crippen LogP contribution in [0.5, 0.6) is 0 Å². The molecule has 0 amide bonds. The molecule has 1 fully saturated rings. The summed E-state index contributed by atoms with van der Waals surface area (Å²) in [6.45, 7) is 2.64. The summed E-state index contributed by atoms with van der Waals surface area (Å²) >= 11 is 3.43. The molecule has 1 aliphatic rings. The van der Waals surface area contributed by atoms with Gasteiger partial charge in [-0.05, 0) is 19.3 Å². The van der Waals surface area contributed by atoms with Crippen molar-refractivity contribution in [3.63, 3.8) is 0 Å². The van der Waals surface area contributed by atoms with Crippen LogP contribution in [-0.2, 0) is 14.3 Å². The maximum absolute atomic E-state index is 11.1. The lowest BCUT2D eigenvalue weighted by Gasteiger charge is -2.27. The highest BCUT2D eigenvalue weighted by atomic mass is 79.9. The average molecular weight is 251 g/mol. The van der Waals surface area contributed by atoms with Gasteiger partial charge in [0.05, 0.1) is 11.4 Å². The lowest BCUT2D eigenvalue weighted by Crippen LogP contribution is -2.34. The third kappa shape index (κ3) is 3.65. The summed E-state index contributed by atoms with van der Waals surface area (Å²) < 4.78 is 10.5. The van der Waals surface area contributed by atoms with Gasteiger partial charge in [-0.1, -0.05) is 22.9 Å². The molecular formula is C9H15BrO3. The Balaban J connectivity index is 2.29. The van der Waals surface area contributed by atoms with E-state index in [0.29, 0.717) is 13.0 Å². The predicted molar refractivity (Wildman–Crippen MR) is 52.7 cm³/mol. The second kappa shape index (κ2) is 5.60. The number of rotatable bonds is 3. The minimum Gasteiger partial charge on any atom is -0.434 e. The first-order valence-corrected chi connectivity index (χ1v) is 5.60. The van der Waals surface area contributed by atoms with Crippen molar-refractivity contribution in [1.82, 2.24) is 0 Å². The van der Waals surface area contributed by atoms with Gasteiger partial charge in [0.2, 0.25) is 6.29 Å². The lowest BCUT2D eigenvalue weighted by molar-refractivity contribution is -0.184. The third-order valence-electron chi connectivity index (χ3n) is 1.90. The monoisotopic (exact) mass is 250 g/mol. The molecule has 0 aliphatic carbocycles. The normalized spacial score (nSPS) is 28.5. The Bertz CT molecular complexity index is 172. The second-order valence-electron chi connectivity index (χ2n) is 3.14. The summed E-state index contributed by atoms with van der Waals surface area (Å²) in [6, 6.07) is 0. The molecule has 1 heterocycles. The summed E-state index contributed by atoms with van der Waals surface area (Å²) in [5.41, 5.74) is 0. The van der Waals surface area contributed by atoms with Crippen molar-refractivity contribution in [2.45, 2.75) is 43.7 Å². The fraction of sp³-hybridized carbons (Fsp3) is 0.889. The molecule has 1 rings (SSSR count). The van der Waals surface area contributed by atoms with E-state index in [1.54, 1.807) is 0 Å². The molecule has 76 valence electrons. The van der Waals surface area contributed by atoms with Gasteiger partial charge in [0.15, 0.2) is 0 Å². The fourth-order valence-electron chi connectivity index (χ4n) is 1.22. The minimum absolute atomic E-state index is 0.155. The van der Waals surface area contributed by atoms with Crippen LogP contribution in [0.15, 0.2) is 0 Å². The zero-order valence-electron chi connectivity index (χ0n) is 7.79. The molecule has 0 aromatic carbocycles. The molecule has 0 radical (unpaired) electrons. The topological polar surface area (TPSA) is 35.5 Å². The smallest absolute Gasteiger partial charge is 0.308 e. The van der Waals surface area contributed by atoms with Crippen LogP contribution in [0.4, 0.5) is 0 Å². The van der Waals surface area contributed by atoms with Gasteiger partial charge >= 0.3 is 5.97 Å². The summed E-state index contributed by atoms with van der Waals surface area (Å²) in [4.78, 5) is 11.3. The predicted octanol–water partition coefficient (Wildman–Crippen LogP) is 2.23. The van der Waals surface area contributed by atoms with Crippen LogP contribution in [0.3, 0.4) is 0 Å². The van der Waals surface area contributed by atoms with Crippen LogP contribution < -0.4 is 0 Å². The number of hydrogen-bond acceptors (Lipinski definition) is 3. The summed E-state index contributed by atoms with van der Waals surface area (Å²) in [5.74, 6) is -0.168. The van der Waals surface area contributed by atoms with Crippen LogP contribution in [0.25, 0.3) is 0 Å². The molecule has 1 aliphatic heterocycles. The van der Waals surface area contributed by atoms with Gasteiger partial charge in [-0.3, -0.25) is 4.79 Å². The number of alkyl halides is 1. The molecule has 0 bridgehead atoms. The van der Waals surface area contributed by atoms with E-state index in [1.807, 2.05) is 6.92 Å².